The molecular formula is C12H11BrO5S. The van der Waals surface area contributed by atoms with Crippen LogP contribution >= 0.6 is 27.3 Å². The summed E-state index contributed by atoms with van der Waals surface area (Å²) in [5.74, 6) is -0.429. The van der Waals surface area contributed by atoms with Gasteiger partial charge in [0, 0.05) is 9.35 Å². The zero-order valence-electron chi connectivity index (χ0n) is 10.5. The minimum atomic E-state index is -1.16. The van der Waals surface area contributed by atoms with Gasteiger partial charge in [0.25, 0.3) is 5.95 Å². The third-order valence-corrected chi connectivity index (χ3v) is 5.04. The molecule has 1 aromatic rings. The summed E-state index contributed by atoms with van der Waals surface area (Å²) in [5, 5.41) is 0. The number of aryl methyl sites for hydroxylation is 1. The second kappa shape index (κ2) is 4.97. The number of rotatable bonds is 2. The Kier molecular flexibility index (Phi) is 3.69. The Labute approximate surface area is 122 Å². The Morgan fingerprint density at radius 3 is 2.74 bits per heavy atom. The first kappa shape index (κ1) is 14.1. The molecule has 0 aliphatic carbocycles. The van der Waals surface area contributed by atoms with Crippen molar-refractivity contribution in [2.45, 2.75) is 19.4 Å². The number of carbonyl (C=O) groups excluding carboxylic acids is 2. The van der Waals surface area contributed by atoms with Gasteiger partial charge in [-0.25, -0.2) is 4.79 Å². The predicted octanol–water partition coefficient (Wildman–Crippen LogP) is 3.26. The highest BCUT2D eigenvalue weighted by Gasteiger charge is 2.45. The van der Waals surface area contributed by atoms with Gasteiger partial charge in [-0.05, 0) is 35.8 Å². The molecule has 0 amide bonds. The molecule has 1 unspecified atom stereocenters. The van der Waals surface area contributed by atoms with E-state index in [9.17, 15) is 9.59 Å². The van der Waals surface area contributed by atoms with E-state index in [4.69, 9.17) is 9.47 Å². The standard InChI is InChI=1S/C12H11BrO5S/c1-6-7(13)4-9(19-6)12(2)8(14)5-10(18-12)17-11(15)16-3/h4-5H,1-3H3. The van der Waals surface area contributed by atoms with Crippen LogP contribution in [0.4, 0.5) is 4.79 Å². The molecule has 0 saturated heterocycles. The maximum atomic E-state index is 12.1. The average molecular weight is 347 g/mol. The van der Waals surface area contributed by atoms with Crippen LogP contribution in [0.1, 0.15) is 16.7 Å². The maximum Gasteiger partial charge on any atom is 0.516 e. The van der Waals surface area contributed by atoms with Crippen molar-refractivity contribution in [3.63, 3.8) is 0 Å². The topological polar surface area (TPSA) is 61.8 Å². The van der Waals surface area contributed by atoms with Crippen molar-refractivity contribution in [3.05, 3.63) is 32.3 Å². The molecule has 19 heavy (non-hydrogen) atoms. The highest BCUT2D eigenvalue weighted by Crippen LogP contribution is 2.41. The predicted molar refractivity (Wildman–Crippen MR) is 71.8 cm³/mol. The highest BCUT2D eigenvalue weighted by molar-refractivity contribution is 9.10. The molecule has 5 nitrogen and oxygen atoms in total. The van der Waals surface area contributed by atoms with Crippen LogP contribution < -0.4 is 0 Å². The average Bonchev–Trinajstić information content (AvgIpc) is 2.82. The van der Waals surface area contributed by atoms with Gasteiger partial charge in [-0.1, -0.05) is 0 Å². The lowest BCUT2D eigenvalue weighted by atomic mass is 10.0. The van der Waals surface area contributed by atoms with Gasteiger partial charge < -0.3 is 14.2 Å². The Bertz CT molecular complexity index is 557. The molecule has 0 radical (unpaired) electrons. The van der Waals surface area contributed by atoms with Crippen molar-refractivity contribution in [1.82, 2.24) is 0 Å². The van der Waals surface area contributed by atoms with Crippen molar-refractivity contribution >= 4 is 39.2 Å². The number of carbonyl (C=O) groups is 2. The van der Waals surface area contributed by atoms with Crippen LogP contribution in [0.5, 0.6) is 0 Å². The maximum absolute atomic E-state index is 12.1. The van der Waals surface area contributed by atoms with Crippen molar-refractivity contribution in [1.29, 1.82) is 0 Å². The summed E-state index contributed by atoms with van der Waals surface area (Å²) < 4.78 is 15.5. The SMILES string of the molecule is COC(=O)OC1=CC(=O)C(C)(c2cc(Br)c(C)s2)O1. The van der Waals surface area contributed by atoms with E-state index >= 15 is 0 Å². The molecule has 0 spiro atoms. The van der Waals surface area contributed by atoms with Crippen LogP contribution in [0.3, 0.4) is 0 Å². The van der Waals surface area contributed by atoms with Crippen LogP contribution in [0.2, 0.25) is 0 Å². The van der Waals surface area contributed by atoms with E-state index in [1.54, 1.807) is 6.92 Å². The van der Waals surface area contributed by atoms with Gasteiger partial charge in [0.15, 0.2) is 0 Å². The van der Waals surface area contributed by atoms with Gasteiger partial charge in [-0.2, -0.15) is 0 Å². The van der Waals surface area contributed by atoms with Crippen LogP contribution in [-0.2, 0) is 24.6 Å². The number of halogens is 1. The third kappa shape index (κ3) is 2.52. The normalized spacial score (nSPS) is 21.9. The highest BCUT2D eigenvalue weighted by atomic mass is 79.9. The first-order valence-electron chi connectivity index (χ1n) is 5.34. The fraction of sp³-hybridized carbons (Fsp3) is 0.333. The van der Waals surface area contributed by atoms with Crippen LogP contribution in [-0.4, -0.2) is 19.0 Å². The summed E-state index contributed by atoms with van der Waals surface area (Å²) in [4.78, 5) is 24.8. The zero-order chi connectivity index (χ0) is 14.2. The van der Waals surface area contributed by atoms with Crippen LogP contribution in [0, 0.1) is 6.92 Å². The molecule has 102 valence electrons. The van der Waals surface area contributed by atoms with Crippen molar-refractivity contribution in [3.8, 4) is 0 Å². The van der Waals surface area contributed by atoms with Crippen molar-refractivity contribution in [2.24, 2.45) is 0 Å². The van der Waals surface area contributed by atoms with Crippen LogP contribution in [0.15, 0.2) is 22.6 Å². The van der Waals surface area contributed by atoms with E-state index in [0.717, 1.165) is 20.3 Å². The molecule has 1 aliphatic rings. The Balaban J connectivity index is 2.24. The molecule has 0 aromatic carbocycles. The molecule has 1 aromatic heterocycles. The van der Waals surface area contributed by atoms with Gasteiger partial charge in [0.1, 0.15) is 0 Å². The molecule has 0 saturated carbocycles. The minimum absolute atomic E-state index is 0.151. The summed E-state index contributed by atoms with van der Waals surface area (Å²) in [6.45, 7) is 3.57. The molecule has 7 heteroatoms. The van der Waals surface area contributed by atoms with E-state index in [-0.39, 0.29) is 11.7 Å². The van der Waals surface area contributed by atoms with E-state index in [1.807, 2.05) is 13.0 Å². The smallest absolute Gasteiger partial charge is 0.444 e. The van der Waals surface area contributed by atoms with E-state index in [1.165, 1.54) is 18.4 Å². The fourth-order valence-electron chi connectivity index (χ4n) is 1.57. The van der Waals surface area contributed by atoms with Gasteiger partial charge in [0.05, 0.1) is 18.1 Å². The number of ether oxygens (including phenoxy) is 3. The van der Waals surface area contributed by atoms with E-state index in [0.29, 0.717) is 0 Å². The van der Waals surface area contributed by atoms with Crippen molar-refractivity contribution < 1.29 is 23.8 Å². The summed E-state index contributed by atoms with van der Waals surface area (Å²) in [7, 11) is 1.18. The Hall–Kier alpha value is -1.34. The number of thiophene rings is 1. The zero-order valence-corrected chi connectivity index (χ0v) is 12.9. The van der Waals surface area contributed by atoms with Gasteiger partial charge in [-0.3, -0.25) is 4.79 Å². The molecule has 2 rings (SSSR count). The summed E-state index contributed by atoms with van der Waals surface area (Å²) in [6.07, 6.45) is 0.228. The Morgan fingerprint density at radius 1 is 1.53 bits per heavy atom. The Morgan fingerprint density at radius 2 is 2.21 bits per heavy atom. The first-order chi connectivity index (χ1) is 8.86. The molecule has 0 N–H and O–H groups in total. The van der Waals surface area contributed by atoms with Gasteiger partial charge in [-0.15, -0.1) is 11.3 Å². The quantitative estimate of drug-likeness (QED) is 0.769. The second-order valence-corrected chi connectivity index (χ2v) is 6.14. The molecular weight excluding hydrogens is 336 g/mol. The van der Waals surface area contributed by atoms with E-state index < -0.39 is 11.8 Å². The fourth-order valence-corrected chi connectivity index (χ4v) is 3.19. The summed E-state index contributed by atoms with van der Waals surface area (Å²) in [5.41, 5.74) is -1.16. The van der Waals surface area contributed by atoms with E-state index in [2.05, 4.69) is 20.7 Å². The minimum Gasteiger partial charge on any atom is -0.444 e. The molecule has 1 atom stereocenters. The summed E-state index contributed by atoms with van der Waals surface area (Å²) >= 11 is 4.84. The van der Waals surface area contributed by atoms with Crippen molar-refractivity contribution in [2.75, 3.05) is 7.11 Å². The lowest BCUT2D eigenvalue weighted by Crippen LogP contribution is -2.28. The van der Waals surface area contributed by atoms with Gasteiger partial charge in [0.2, 0.25) is 11.4 Å². The first-order valence-corrected chi connectivity index (χ1v) is 6.95. The number of hydrogen-bond donors (Lipinski definition) is 0. The summed E-state index contributed by atoms with van der Waals surface area (Å²) in [6, 6.07) is 1.83. The molecule has 1 aliphatic heterocycles. The van der Waals surface area contributed by atoms with Crippen LogP contribution in [0.25, 0.3) is 0 Å². The molecule has 0 fully saturated rings. The lowest BCUT2D eigenvalue weighted by molar-refractivity contribution is -0.132. The second-order valence-electron chi connectivity index (χ2n) is 4.03. The number of methoxy groups -OCH3 is 1. The third-order valence-electron chi connectivity index (χ3n) is 2.70. The number of hydrogen-bond acceptors (Lipinski definition) is 6. The molecule has 2 heterocycles. The van der Waals surface area contributed by atoms with Gasteiger partial charge >= 0.3 is 6.16 Å². The largest absolute Gasteiger partial charge is 0.516 e. The monoisotopic (exact) mass is 346 g/mol. The molecule has 0 bridgehead atoms. The number of ketones is 1. The lowest BCUT2D eigenvalue weighted by Gasteiger charge is -2.21.